The van der Waals surface area contributed by atoms with Crippen molar-refractivity contribution in [3.05, 3.63) is 59.7 Å². The Morgan fingerprint density at radius 1 is 1.11 bits per heavy atom. The van der Waals surface area contributed by atoms with E-state index in [-0.39, 0.29) is 5.92 Å². The summed E-state index contributed by atoms with van der Waals surface area (Å²) in [6.07, 6.45) is 2.71. The smallest absolute Gasteiger partial charge is 0.335 e. The molecule has 0 saturated carbocycles. The lowest BCUT2D eigenvalue weighted by Gasteiger charge is -2.31. The number of nitrogens with two attached hydrogens (primary N) is 1. The summed E-state index contributed by atoms with van der Waals surface area (Å²) in [5, 5.41) is 8.92. The van der Waals surface area contributed by atoms with Crippen LogP contribution in [0.5, 0.6) is 5.75 Å². The number of hydrogen-bond acceptors (Lipinski definition) is 5. The molecule has 0 aliphatic carbocycles. The van der Waals surface area contributed by atoms with Gasteiger partial charge in [0.05, 0.1) is 12.7 Å². The summed E-state index contributed by atoms with van der Waals surface area (Å²) in [6.45, 7) is 1.62. The molecule has 0 bridgehead atoms. The van der Waals surface area contributed by atoms with Crippen molar-refractivity contribution in [3.63, 3.8) is 0 Å². The Labute approximate surface area is 163 Å². The van der Waals surface area contributed by atoms with E-state index in [4.69, 9.17) is 15.6 Å². The van der Waals surface area contributed by atoms with Gasteiger partial charge in [-0.25, -0.2) is 4.79 Å². The first-order valence-corrected chi connectivity index (χ1v) is 8.92. The molecular weight excluding hydrogens is 360 g/mol. The number of methoxy groups -OCH3 is 1. The Hall–Kier alpha value is -3.35. The van der Waals surface area contributed by atoms with Crippen LogP contribution >= 0.6 is 0 Å². The molecule has 0 aromatic heterocycles. The number of carboxylic acid groups (broad SMARTS) is 1. The van der Waals surface area contributed by atoms with Crippen molar-refractivity contribution in [3.8, 4) is 5.75 Å². The summed E-state index contributed by atoms with van der Waals surface area (Å²) in [5.41, 5.74) is 6.75. The maximum absolute atomic E-state index is 10.9. The molecule has 28 heavy (non-hydrogen) atoms. The van der Waals surface area contributed by atoms with E-state index < -0.39 is 11.9 Å². The molecule has 3 N–H and O–H groups in total. The summed E-state index contributed by atoms with van der Waals surface area (Å²) in [5.74, 6) is -0.453. The maximum atomic E-state index is 10.9. The Morgan fingerprint density at radius 2 is 1.75 bits per heavy atom. The highest BCUT2D eigenvalue weighted by Gasteiger charge is 2.19. The van der Waals surface area contributed by atoms with Gasteiger partial charge in [-0.2, -0.15) is 0 Å². The van der Waals surface area contributed by atoms with E-state index >= 15 is 0 Å². The van der Waals surface area contributed by atoms with E-state index in [2.05, 4.69) is 4.90 Å². The predicted octanol–water partition coefficient (Wildman–Crippen LogP) is 2.59. The maximum Gasteiger partial charge on any atom is 0.335 e. The van der Waals surface area contributed by atoms with Crippen molar-refractivity contribution in [1.29, 1.82) is 0 Å². The number of aldehydes is 1. The van der Waals surface area contributed by atoms with Crippen LogP contribution in [-0.2, 0) is 4.79 Å². The van der Waals surface area contributed by atoms with Crippen molar-refractivity contribution in [2.24, 2.45) is 11.7 Å². The summed E-state index contributed by atoms with van der Waals surface area (Å²) < 4.78 is 4.90. The second kappa shape index (κ2) is 10.1. The molecule has 1 saturated heterocycles. The van der Waals surface area contributed by atoms with Gasteiger partial charge in [0.25, 0.3) is 0 Å². The zero-order valence-electron chi connectivity index (χ0n) is 15.7. The lowest BCUT2D eigenvalue weighted by atomic mass is 9.98. The van der Waals surface area contributed by atoms with Gasteiger partial charge in [0.15, 0.2) is 0 Å². The number of piperidine rings is 1. The van der Waals surface area contributed by atoms with Gasteiger partial charge < -0.3 is 25.3 Å². The average molecular weight is 384 g/mol. The summed E-state index contributed by atoms with van der Waals surface area (Å²) in [6, 6.07) is 13.6. The Bertz CT molecular complexity index is 812. The van der Waals surface area contributed by atoms with E-state index in [1.165, 1.54) is 0 Å². The van der Waals surface area contributed by atoms with Gasteiger partial charge in [0.1, 0.15) is 12.0 Å². The molecule has 2 aromatic carbocycles. The van der Waals surface area contributed by atoms with Gasteiger partial charge in [-0.1, -0.05) is 6.07 Å². The minimum atomic E-state index is -0.908. The zero-order chi connectivity index (χ0) is 20.5. The number of hydrogen-bond donors (Lipinski definition) is 2. The standard InChI is InChI=1S/C13H15NO3.C8H9NO2/c15-9-10-4-6-14(7-5-10)12-3-1-2-11(8-12)13(16)17;1-11-7-4-2-6(3-5-7)8(9)10/h1-3,8-10H,4-7H2,(H,16,17);2-5H,1H3,(H2,9,10). The van der Waals surface area contributed by atoms with Crippen molar-refractivity contribution < 1.29 is 24.2 Å². The molecule has 7 heteroatoms. The highest BCUT2D eigenvalue weighted by atomic mass is 16.5. The topological polar surface area (TPSA) is 110 Å². The third kappa shape index (κ3) is 5.84. The number of primary amides is 1. The van der Waals surface area contributed by atoms with Crippen LogP contribution < -0.4 is 15.4 Å². The van der Waals surface area contributed by atoms with Gasteiger partial charge in [0, 0.05) is 30.3 Å². The minimum Gasteiger partial charge on any atom is -0.497 e. The fraction of sp³-hybridized carbons (Fsp3) is 0.286. The first-order valence-electron chi connectivity index (χ1n) is 8.92. The van der Waals surface area contributed by atoms with Crippen molar-refractivity contribution in [1.82, 2.24) is 0 Å². The van der Waals surface area contributed by atoms with Crippen LogP contribution in [0.2, 0.25) is 0 Å². The number of carboxylic acids is 1. The predicted molar refractivity (Wildman–Crippen MR) is 106 cm³/mol. The van der Waals surface area contributed by atoms with Gasteiger partial charge in [-0.05, 0) is 55.3 Å². The third-order valence-electron chi connectivity index (χ3n) is 4.56. The quantitative estimate of drug-likeness (QED) is 0.767. The van der Waals surface area contributed by atoms with Crippen LogP contribution in [0.1, 0.15) is 33.6 Å². The lowest BCUT2D eigenvalue weighted by Crippen LogP contribution is -2.34. The third-order valence-corrected chi connectivity index (χ3v) is 4.56. The van der Waals surface area contributed by atoms with E-state index in [0.29, 0.717) is 11.1 Å². The van der Waals surface area contributed by atoms with Crippen molar-refractivity contribution in [2.45, 2.75) is 12.8 Å². The molecule has 0 radical (unpaired) electrons. The molecule has 1 aliphatic heterocycles. The molecule has 1 fully saturated rings. The van der Waals surface area contributed by atoms with Crippen LogP contribution in [0.25, 0.3) is 0 Å². The number of amides is 1. The Kier molecular flexibility index (Phi) is 7.56. The summed E-state index contributed by atoms with van der Waals surface area (Å²) in [4.78, 5) is 34.2. The monoisotopic (exact) mass is 384 g/mol. The molecule has 7 nitrogen and oxygen atoms in total. The SMILES string of the molecule is COc1ccc(C(N)=O)cc1.O=CC1CCN(c2cccc(C(=O)O)c2)CC1. The summed E-state index contributed by atoms with van der Waals surface area (Å²) >= 11 is 0. The lowest BCUT2D eigenvalue weighted by molar-refractivity contribution is -0.111. The normalized spacial score (nSPS) is 13.8. The molecule has 1 amide bonds. The fourth-order valence-corrected chi connectivity index (χ4v) is 2.88. The van der Waals surface area contributed by atoms with E-state index in [1.807, 2.05) is 6.07 Å². The van der Waals surface area contributed by atoms with Gasteiger partial charge in [0.2, 0.25) is 5.91 Å². The van der Waals surface area contributed by atoms with Gasteiger partial charge in [-0.3, -0.25) is 4.79 Å². The Balaban J connectivity index is 0.000000221. The number of anilines is 1. The largest absolute Gasteiger partial charge is 0.497 e. The highest BCUT2D eigenvalue weighted by Crippen LogP contribution is 2.23. The first-order chi connectivity index (χ1) is 13.4. The molecule has 3 rings (SSSR count). The molecule has 0 spiro atoms. The molecule has 0 unspecified atom stereocenters. The molecule has 0 atom stereocenters. The van der Waals surface area contributed by atoms with Crippen LogP contribution in [0.4, 0.5) is 5.69 Å². The van der Waals surface area contributed by atoms with Crippen LogP contribution in [0.15, 0.2) is 48.5 Å². The number of carbonyl (C=O) groups excluding carboxylic acids is 2. The second-order valence-electron chi connectivity index (χ2n) is 6.41. The summed E-state index contributed by atoms with van der Waals surface area (Å²) in [7, 11) is 1.57. The van der Waals surface area contributed by atoms with E-state index in [9.17, 15) is 14.4 Å². The van der Waals surface area contributed by atoms with Crippen LogP contribution in [0.3, 0.4) is 0 Å². The number of benzene rings is 2. The zero-order valence-corrected chi connectivity index (χ0v) is 15.7. The molecule has 1 heterocycles. The number of aromatic carboxylic acids is 1. The van der Waals surface area contributed by atoms with Crippen LogP contribution in [0, 0.1) is 5.92 Å². The number of rotatable bonds is 5. The number of ether oxygens (including phenoxy) is 1. The first kappa shape index (κ1) is 21.0. The van der Waals surface area contributed by atoms with Crippen molar-refractivity contribution in [2.75, 3.05) is 25.1 Å². The minimum absolute atomic E-state index is 0.161. The second-order valence-corrected chi connectivity index (χ2v) is 6.41. The van der Waals surface area contributed by atoms with E-state index in [1.54, 1.807) is 49.6 Å². The number of nitrogens with zero attached hydrogens (tertiary/aromatic N) is 1. The fourth-order valence-electron chi connectivity index (χ4n) is 2.88. The van der Waals surface area contributed by atoms with Gasteiger partial charge >= 0.3 is 5.97 Å². The average Bonchev–Trinajstić information content (AvgIpc) is 2.74. The van der Waals surface area contributed by atoms with E-state index in [0.717, 1.165) is 43.7 Å². The van der Waals surface area contributed by atoms with Crippen molar-refractivity contribution >= 4 is 23.9 Å². The molecule has 148 valence electrons. The van der Waals surface area contributed by atoms with Gasteiger partial charge in [-0.15, -0.1) is 0 Å². The number of carbonyl (C=O) groups is 3. The molecule has 2 aromatic rings. The Morgan fingerprint density at radius 3 is 2.25 bits per heavy atom. The molecular formula is C21H24N2O5. The van der Waals surface area contributed by atoms with Crippen LogP contribution in [-0.4, -0.2) is 43.5 Å². The molecule has 1 aliphatic rings. The highest BCUT2D eigenvalue weighted by molar-refractivity contribution is 5.92.